The maximum absolute atomic E-state index is 14.0. The molecule has 0 aliphatic heterocycles. The minimum absolute atomic E-state index is 0.00809. The second-order valence-corrected chi connectivity index (χ2v) is 9.14. The Morgan fingerprint density at radius 1 is 1.30 bits per heavy atom. The Balaban J connectivity index is 2.01. The van der Waals surface area contributed by atoms with E-state index in [1.807, 2.05) is 13.8 Å². The van der Waals surface area contributed by atoms with Gasteiger partial charge in [0.1, 0.15) is 6.79 Å². The Hall–Kier alpha value is -1.22. The van der Waals surface area contributed by atoms with Crippen LogP contribution in [-0.4, -0.2) is 41.3 Å². The fourth-order valence-electron chi connectivity index (χ4n) is 2.65. The summed E-state index contributed by atoms with van der Waals surface area (Å²) in [6.07, 6.45) is 2.59. The summed E-state index contributed by atoms with van der Waals surface area (Å²) in [5.41, 5.74) is 0.691. The smallest absolute Gasteiger partial charge is 0.212 e. The van der Waals surface area contributed by atoms with E-state index in [2.05, 4.69) is 4.72 Å². The minimum atomic E-state index is -3.51. The zero-order valence-electron chi connectivity index (χ0n) is 16.2. The molecule has 0 radical (unpaired) electrons. The molecule has 0 aromatic heterocycles. The van der Waals surface area contributed by atoms with Gasteiger partial charge in [0.05, 0.1) is 19.0 Å². The van der Waals surface area contributed by atoms with E-state index in [-0.39, 0.29) is 24.2 Å². The van der Waals surface area contributed by atoms with E-state index in [9.17, 15) is 12.8 Å². The Bertz CT molecular complexity index is 691. The van der Waals surface area contributed by atoms with Gasteiger partial charge in [0.25, 0.3) is 0 Å². The van der Waals surface area contributed by atoms with E-state index >= 15 is 0 Å². The van der Waals surface area contributed by atoms with Gasteiger partial charge in [-0.3, -0.25) is 0 Å². The number of hydrogen-bond donors (Lipinski definition) is 1. The van der Waals surface area contributed by atoms with Crippen LogP contribution in [0.15, 0.2) is 18.2 Å². The van der Waals surface area contributed by atoms with Crippen LogP contribution in [0.25, 0.3) is 0 Å². The number of rotatable bonds is 13. The first-order chi connectivity index (χ1) is 12.8. The summed E-state index contributed by atoms with van der Waals surface area (Å²) >= 11 is 0. The summed E-state index contributed by atoms with van der Waals surface area (Å²) in [7, 11) is -1.99. The van der Waals surface area contributed by atoms with Crippen LogP contribution in [0, 0.1) is 17.7 Å². The van der Waals surface area contributed by atoms with Gasteiger partial charge >= 0.3 is 0 Å². The van der Waals surface area contributed by atoms with Gasteiger partial charge in [0.15, 0.2) is 11.6 Å². The van der Waals surface area contributed by atoms with Crippen LogP contribution in [0.3, 0.4) is 0 Å². The van der Waals surface area contributed by atoms with Crippen molar-refractivity contribution in [3.63, 3.8) is 0 Å². The molecular weight excluding hydrogens is 373 g/mol. The molecule has 0 bridgehead atoms. The second-order valence-electron chi connectivity index (χ2n) is 7.27. The predicted octanol–water partition coefficient (Wildman–Crippen LogP) is 3.24. The quantitative estimate of drug-likeness (QED) is 0.404. The normalized spacial score (nSPS) is 15.9. The lowest BCUT2D eigenvalue weighted by atomic mass is 9.97. The van der Waals surface area contributed by atoms with Gasteiger partial charge in [-0.15, -0.1) is 0 Å². The Labute approximate surface area is 161 Å². The van der Waals surface area contributed by atoms with Crippen molar-refractivity contribution in [3.05, 3.63) is 29.6 Å². The van der Waals surface area contributed by atoms with Crippen molar-refractivity contribution in [3.8, 4) is 5.75 Å². The van der Waals surface area contributed by atoms with E-state index in [4.69, 9.17) is 14.2 Å². The van der Waals surface area contributed by atoms with Gasteiger partial charge in [-0.05, 0) is 48.8 Å². The molecule has 0 amide bonds. The first-order valence-electron chi connectivity index (χ1n) is 9.31. The van der Waals surface area contributed by atoms with Gasteiger partial charge in [-0.25, -0.2) is 17.5 Å². The highest BCUT2D eigenvalue weighted by Crippen LogP contribution is 2.32. The van der Waals surface area contributed by atoms with Gasteiger partial charge < -0.3 is 14.2 Å². The molecule has 6 nitrogen and oxygen atoms in total. The lowest BCUT2D eigenvalue weighted by Gasteiger charge is -2.23. The Morgan fingerprint density at radius 3 is 2.67 bits per heavy atom. The zero-order valence-corrected chi connectivity index (χ0v) is 17.1. The highest BCUT2D eigenvalue weighted by atomic mass is 32.2. The molecule has 1 fully saturated rings. The monoisotopic (exact) mass is 403 g/mol. The van der Waals surface area contributed by atoms with Crippen molar-refractivity contribution in [2.24, 2.45) is 11.8 Å². The van der Waals surface area contributed by atoms with Crippen molar-refractivity contribution in [1.82, 2.24) is 4.72 Å². The number of halogens is 1. The maximum atomic E-state index is 14.0. The molecule has 0 unspecified atom stereocenters. The molecule has 0 saturated heterocycles. The number of sulfonamides is 1. The molecule has 1 N–H and O–H groups in total. The average Bonchev–Trinajstić information content (AvgIpc) is 3.43. The van der Waals surface area contributed by atoms with Crippen LogP contribution in [0.2, 0.25) is 0 Å². The standard InChI is InChI=1S/C19H30FNO5S/c1-14(2)19(21-27(22,23)10-4-9-25-13-24-3)16-7-8-17(20)18(11-16)26-12-15-5-6-15/h7-8,11,14-15,19,21H,4-6,9-10,12-13H2,1-3H3/t19-/m0/s1. The minimum Gasteiger partial charge on any atom is -0.490 e. The molecule has 27 heavy (non-hydrogen) atoms. The number of methoxy groups -OCH3 is 1. The van der Waals surface area contributed by atoms with E-state index in [0.29, 0.717) is 31.1 Å². The van der Waals surface area contributed by atoms with Crippen LogP contribution in [0.1, 0.15) is 44.7 Å². The topological polar surface area (TPSA) is 73.9 Å². The summed E-state index contributed by atoms with van der Waals surface area (Å²) in [5.74, 6) is 0.197. The third kappa shape index (κ3) is 7.73. The fourth-order valence-corrected chi connectivity index (χ4v) is 4.06. The molecule has 1 aliphatic rings. The summed E-state index contributed by atoms with van der Waals surface area (Å²) in [6, 6.07) is 4.08. The molecule has 1 aromatic carbocycles. The van der Waals surface area contributed by atoms with Crippen LogP contribution in [-0.2, 0) is 19.5 Å². The summed E-state index contributed by atoms with van der Waals surface area (Å²) in [6.45, 7) is 4.78. The fraction of sp³-hybridized carbons (Fsp3) is 0.684. The van der Waals surface area contributed by atoms with Crippen molar-refractivity contribution < 1.29 is 27.0 Å². The molecule has 0 heterocycles. The van der Waals surface area contributed by atoms with Crippen molar-refractivity contribution in [2.75, 3.05) is 32.9 Å². The number of hydrogen-bond acceptors (Lipinski definition) is 5. The molecule has 1 aliphatic carbocycles. The van der Waals surface area contributed by atoms with E-state index in [0.717, 1.165) is 12.8 Å². The molecule has 0 spiro atoms. The molecule has 8 heteroatoms. The van der Waals surface area contributed by atoms with Crippen molar-refractivity contribution in [1.29, 1.82) is 0 Å². The first kappa shape index (κ1) is 22.1. The van der Waals surface area contributed by atoms with Crippen molar-refractivity contribution in [2.45, 2.75) is 39.2 Å². The number of ether oxygens (including phenoxy) is 3. The lowest BCUT2D eigenvalue weighted by molar-refractivity contribution is -0.0298. The second kappa shape index (κ2) is 10.4. The summed E-state index contributed by atoms with van der Waals surface area (Å²) < 4.78 is 57.1. The highest BCUT2D eigenvalue weighted by molar-refractivity contribution is 7.89. The summed E-state index contributed by atoms with van der Waals surface area (Å²) in [4.78, 5) is 0. The third-order valence-corrected chi connectivity index (χ3v) is 5.80. The molecule has 1 aromatic rings. The van der Waals surface area contributed by atoms with Gasteiger partial charge in [0.2, 0.25) is 10.0 Å². The van der Waals surface area contributed by atoms with Crippen LogP contribution >= 0.6 is 0 Å². The zero-order chi connectivity index (χ0) is 19.9. The maximum Gasteiger partial charge on any atom is 0.212 e. The van der Waals surface area contributed by atoms with Gasteiger partial charge in [0, 0.05) is 13.2 Å². The van der Waals surface area contributed by atoms with Gasteiger partial charge in [-0.1, -0.05) is 19.9 Å². The predicted molar refractivity (Wildman–Crippen MR) is 102 cm³/mol. The third-order valence-electron chi connectivity index (χ3n) is 4.36. The molecular formula is C19H30FNO5S. The first-order valence-corrected chi connectivity index (χ1v) is 11.0. The number of benzene rings is 1. The lowest BCUT2D eigenvalue weighted by Crippen LogP contribution is -2.34. The Morgan fingerprint density at radius 2 is 2.04 bits per heavy atom. The van der Waals surface area contributed by atoms with E-state index in [1.165, 1.54) is 13.2 Å². The number of nitrogens with one attached hydrogen (secondary N) is 1. The van der Waals surface area contributed by atoms with Crippen LogP contribution in [0.4, 0.5) is 4.39 Å². The van der Waals surface area contributed by atoms with Crippen LogP contribution in [0.5, 0.6) is 5.75 Å². The SMILES string of the molecule is COCOCCCS(=O)(=O)N[C@H](c1ccc(F)c(OCC2CC2)c1)C(C)C. The average molecular weight is 404 g/mol. The van der Waals surface area contributed by atoms with Gasteiger partial charge in [-0.2, -0.15) is 0 Å². The van der Waals surface area contributed by atoms with E-state index < -0.39 is 21.9 Å². The summed E-state index contributed by atoms with van der Waals surface area (Å²) in [5, 5.41) is 0. The molecule has 1 atom stereocenters. The molecule has 1 saturated carbocycles. The molecule has 154 valence electrons. The van der Waals surface area contributed by atoms with E-state index in [1.54, 1.807) is 12.1 Å². The Kier molecular flexibility index (Phi) is 8.47. The highest BCUT2D eigenvalue weighted by Gasteiger charge is 2.25. The largest absolute Gasteiger partial charge is 0.490 e. The molecule has 2 rings (SSSR count). The van der Waals surface area contributed by atoms with Crippen molar-refractivity contribution >= 4 is 10.0 Å². The van der Waals surface area contributed by atoms with Crippen LogP contribution < -0.4 is 9.46 Å².